The van der Waals surface area contributed by atoms with Gasteiger partial charge in [-0.05, 0) is 34.4 Å². The summed E-state index contributed by atoms with van der Waals surface area (Å²) in [6.45, 7) is 17.6. The average molecular weight is 234 g/mol. The molecule has 0 unspecified atom stereocenters. The molecule has 0 aliphatic rings. The molecule has 17 heavy (non-hydrogen) atoms. The van der Waals surface area contributed by atoms with Gasteiger partial charge in [-0.1, -0.05) is 73.6 Å². The lowest BCUT2D eigenvalue weighted by molar-refractivity contribution is 0.778. The SMILES string of the molecule is CC.CC(C)c1ccc(C(C)C)c(C(C)C)c1. The summed E-state index contributed by atoms with van der Waals surface area (Å²) in [7, 11) is 0. The maximum absolute atomic E-state index is 2.39. The summed E-state index contributed by atoms with van der Waals surface area (Å²) in [5.41, 5.74) is 4.49. The summed E-state index contributed by atoms with van der Waals surface area (Å²) in [5, 5.41) is 0. The van der Waals surface area contributed by atoms with Crippen LogP contribution in [-0.2, 0) is 0 Å². The average Bonchev–Trinajstić information content (AvgIpc) is 2.30. The Bertz CT molecular complexity index is 319. The second-order valence-corrected chi connectivity index (χ2v) is 5.35. The smallest absolute Gasteiger partial charge is 0.0216 e. The second-order valence-electron chi connectivity index (χ2n) is 5.35. The molecular weight excluding hydrogens is 204 g/mol. The van der Waals surface area contributed by atoms with Gasteiger partial charge in [0, 0.05) is 0 Å². The van der Waals surface area contributed by atoms with Gasteiger partial charge in [0.25, 0.3) is 0 Å². The van der Waals surface area contributed by atoms with E-state index in [0.717, 1.165) is 0 Å². The predicted octanol–water partition coefficient (Wildman–Crippen LogP) is 6.08. The van der Waals surface area contributed by atoms with Gasteiger partial charge in [0.05, 0.1) is 0 Å². The van der Waals surface area contributed by atoms with Crippen molar-refractivity contribution in [2.75, 3.05) is 0 Å². The molecule has 0 heteroatoms. The van der Waals surface area contributed by atoms with Crippen LogP contribution in [-0.4, -0.2) is 0 Å². The number of benzene rings is 1. The highest BCUT2D eigenvalue weighted by Gasteiger charge is 2.11. The predicted molar refractivity (Wildman–Crippen MR) is 80.1 cm³/mol. The molecule has 0 aliphatic heterocycles. The van der Waals surface area contributed by atoms with Gasteiger partial charge in [0.15, 0.2) is 0 Å². The lowest BCUT2D eigenvalue weighted by Gasteiger charge is -2.18. The van der Waals surface area contributed by atoms with Crippen LogP contribution in [0.4, 0.5) is 0 Å². The molecular formula is C17H30. The fraction of sp³-hybridized carbons (Fsp3) is 0.647. The maximum atomic E-state index is 2.39. The van der Waals surface area contributed by atoms with Gasteiger partial charge in [0.1, 0.15) is 0 Å². The molecule has 0 atom stereocenters. The lowest BCUT2D eigenvalue weighted by Crippen LogP contribution is -2.00. The minimum absolute atomic E-state index is 0.626. The Morgan fingerprint density at radius 3 is 1.47 bits per heavy atom. The molecule has 0 N–H and O–H groups in total. The van der Waals surface area contributed by atoms with Crippen LogP contribution in [0.1, 0.15) is 89.8 Å². The summed E-state index contributed by atoms with van der Waals surface area (Å²) in [4.78, 5) is 0. The molecule has 1 rings (SSSR count). The molecule has 0 bridgehead atoms. The summed E-state index contributed by atoms with van der Waals surface area (Å²) in [6, 6.07) is 6.99. The number of hydrogen-bond donors (Lipinski definition) is 0. The topological polar surface area (TPSA) is 0 Å². The van der Waals surface area contributed by atoms with E-state index in [2.05, 4.69) is 59.7 Å². The van der Waals surface area contributed by atoms with E-state index >= 15 is 0 Å². The van der Waals surface area contributed by atoms with Crippen molar-refractivity contribution in [2.24, 2.45) is 0 Å². The van der Waals surface area contributed by atoms with E-state index in [0.29, 0.717) is 17.8 Å². The van der Waals surface area contributed by atoms with Crippen molar-refractivity contribution in [3.63, 3.8) is 0 Å². The zero-order valence-electron chi connectivity index (χ0n) is 13.0. The van der Waals surface area contributed by atoms with Crippen molar-refractivity contribution >= 4 is 0 Å². The van der Waals surface area contributed by atoms with Gasteiger partial charge in [0.2, 0.25) is 0 Å². The molecule has 0 amide bonds. The van der Waals surface area contributed by atoms with E-state index in [4.69, 9.17) is 0 Å². The highest BCUT2D eigenvalue weighted by molar-refractivity contribution is 5.37. The van der Waals surface area contributed by atoms with Crippen LogP contribution < -0.4 is 0 Å². The molecule has 0 radical (unpaired) electrons. The maximum Gasteiger partial charge on any atom is -0.0216 e. The molecule has 1 aromatic carbocycles. The summed E-state index contributed by atoms with van der Waals surface area (Å²) in [5.74, 6) is 1.88. The van der Waals surface area contributed by atoms with Crippen molar-refractivity contribution in [1.29, 1.82) is 0 Å². The first-order chi connectivity index (χ1) is 7.93. The van der Waals surface area contributed by atoms with Crippen LogP contribution in [0, 0.1) is 0 Å². The first-order valence-electron chi connectivity index (χ1n) is 7.07. The van der Waals surface area contributed by atoms with E-state index in [-0.39, 0.29) is 0 Å². The molecule has 0 saturated heterocycles. The Kier molecular flexibility index (Phi) is 7.18. The molecule has 0 saturated carbocycles. The van der Waals surface area contributed by atoms with Crippen LogP contribution in [0.3, 0.4) is 0 Å². The van der Waals surface area contributed by atoms with Crippen molar-refractivity contribution < 1.29 is 0 Å². The molecule has 98 valence electrons. The van der Waals surface area contributed by atoms with Crippen molar-refractivity contribution in [3.8, 4) is 0 Å². The normalized spacial score (nSPS) is 10.8. The minimum Gasteiger partial charge on any atom is -0.0683 e. The van der Waals surface area contributed by atoms with Crippen LogP contribution in [0.25, 0.3) is 0 Å². The van der Waals surface area contributed by atoms with Crippen LogP contribution in [0.2, 0.25) is 0 Å². The Morgan fingerprint density at radius 1 is 0.647 bits per heavy atom. The van der Waals surface area contributed by atoms with Crippen LogP contribution in [0.5, 0.6) is 0 Å². The fourth-order valence-corrected chi connectivity index (χ4v) is 1.98. The van der Waals surface area contributed by atoms with E-state index in [9.17, 15) is 0 Å². The summed E-state index contributed by atoms with van der Waals surface area (Å²) < 4.78 is 0. The highest BCUT2D eigenvalue weighted by Crippen LogP contribution is 2.29. The Labute approximate surface area is 108 Å². The standard InChI is InChI=1S/C15H24.C2H6/c1-10(2)13-7-8-14(11(3)4)15(9-13)12(5)6;1-2/h7-12H,1-6H3;1-2H3. The fourth-order valence-electron chi connectivity index (χ4n) is 1.98. The Morgan fingerprint density at radius 2 is 1.12 bits per heavy atom. The highest BCUT2D eigenvalue weighted by atomic mass is 14.2. The van der Waals surface area contributed by atoms with Crippen molar-refractivity contribution in [2.45, 2.75) is 73.1 Å². The third-order valence-corrected chi connectivity index (χ3v) is 3.02. The molecule has 0 aliphatic carbocycles. The van der Waals surface area contributed by atoms with Gasteiger partial charge in [-0.15, -0.1) is 0 Å². The van der Waals surface area contributed by atoms with Crippen LogP contribution >= 0.6 is 0 Å². The molecule has 0 fully saturated rings. The number of hydrogen-bond acceptors (Lipinski definition) is 0. The van der Waals surface area contributed by atoms with E-state index in [1.165, 1.54) is 16.7 Å². The summed E-state index contributed by atoms with van der Waals surface area (Å²) in [6.07, 6.45) is 0. The van der Waals surface area contributed by atoms with E-state index in [1.54, 1.807) is 0 Å². The monoisotopic (exact) mass is 234 g/mol. The molecule has 0 aromatic heterocycles. The Hall–Kier alpha value is -0.780. The van der Waals surface area contributed by atoms with Gasteiger partial charge < -0.3 is 0 Å². The first kappa shape index (κ1) is 16.2. The van der Waals surface area contributed by atoms with Gasteiger partial charge in [-0.3, -0.25) is 0 Å². The number of rotatable bonds is 3. The van der Waals surface area contributed by atoms with E-state index < -0.39 is 0 Å². The zero-order chi connectivity index (χ0) is 13.6. The van der Waals surface area contributed by atoms with Crippen LogP contribution in [0.15, 0.2) is 18.2 Å². The van der Waals surface area contributed by atoms with Crippen molar-refractivity contribution in [1.82, 2.24) is 0 Å². The molecule has 0 spiro atoms. The molecule has 1 aromatic rings. The quantitative estimate of drug-likeness (QED) is 0.594. The molecule has 0 heterocycles. The third-order valence-electron chi connectivity index (χ3n) is 3.02. The second kappa shape index (κ2) is 7.53. The largest absolute Gasteiger partial charge is 0.0683 e. The van der Waals surface area contributed by atoms with Gasteiger partial charge >= 0.3 is 0 Å². The zero-order valence-corrected chi connectivity index (χ0v) is 13.0. The summed E-state index contributed by atoms with van der Waals surface area (Å²) >= 11 is 0. The molecule has 0 nitrogen and oxygen atoms in total. The van der Waals surface area contributed by atoms with E-state index in [1.807, 2.05) is 13.8 Å². The lowest BCUT2D eigenvalue weighted by atomic mass is 9.87. The minimum atomic E-state index is 0.626. The van der Waals surface area contributed by atoms with Crippen molar-refractivity contribution in [3.05, 3.63) is 34.9 Å². The van der Waals surface area contributed by atoms with Gasteiger partial charge in [-0.2, -0.15) is 0 Å². The first-order valence-corrected chi connectivity index (χ1v) is 7.07. The van der Waals surface area contributed by atoms with Gasteiger partial charge in [-0.25, -0.2) is 0 Å². The Balaban J connectivity index is 0.00000121. The third kappa shape index (κ3) is 4.53.